The van der Waals surface area contributed by atoms with Gasteiger partial charge in [-0.05, 0) is 22.9 Å². The first-order valence-electron chi connectivity index (χ1n) is 5.20. The summed E-state index contributed by atoms with van der Waals surface area (Å²) in [4.78, 5) is 4.55. The summed E-state index contributed by atoms with van der Waals surface area (Å²) in [7, 11) is 0. The molecule has 2 heterocycles. The number of hydrogen-bond acceptors (Lipinski definition) is 3. The quantitative estimate of drug-likeness (QED) is 0.758. The Morgan fingerprint density at radius 2 is 1.29 bits per heavy atom. The van der Waals surface area contributed by atoms with Crippen molar-refractivity contribution in [1.82, 2.24) is 5.48 Å². The van der Waals surface area contributed by atoms with E-state index in [9.17, 15) is 0 Å². The Bertz CT molecular complexity index is 339. The molecule has 1 aromatic carbocycles. The zero-order valence-corrected chi connectivity index (χ0v) is 10.2. The Labute approximate surface area is 106 Å². The van der Waals surface area contributed by atoms with Gasteiger partial charge in [-0.15, -0.1) is 0 Å². The average molecular weight is 245 g/mol. The van der Waals surface area contributed by atoms with Crippen LogP contribution in [0.1, 0.15) is 0 Å². The second-order valence-corrected chi connectivity index (χ2v) is 3.69. The van der Waals surface area contributed by atoms with Crippen LogP contribution in [0.25, 0.3) is 0 Å². The molecular formula is C14H15NOS. The van der Waals surface area contributed by atoms with Crippen LogP contribution in [-0.2, 0) is 4.84 Å². The predicted molar refractivity (Wildman–Crippen MR) is 73.3 cm³/mol. The lowest BCUT2D eigenvalue weighted by atomic mass is 10.4. The van der Waals surface area contributed by atoms with Crippen molar-refractivity contribution in [1.29, 1.82) is 0 Å². The van der Waals surface area contributed by atoms with Crippen LogP contribution in [0.5, 0.6) is 0 Å². The normalized spacial score (nSPS) is 10.8. The summed E-state index contributed by atoms with van der Waals surface area (Å²) in [5, 5.41) is 4.08. The lowest BCUT2D eigenvalue weighted by Crippen LogP contribution is -2.01. The number of nitrogens with one attached hydrogen (secondary N) is 1. The third-order valence-electron chi connectivity index (χ3n) is 1.58. The van der Waals surface area contributed by atoms with E-state index in [0.717, 1.165) is 0 Å². The summed E-state index contributed by atoms with van der Waals surface area (Å²) >= 11 is 1.71. The Kier molecular flexibility index (Phi) is 8.08. The van der Waals surface area contributed by atoms with E-state index in [1.807, 2.05) is 65.4 Å². The van der Waals surface area contributed by atoms with Gasteiger partial charge in [-0.3, -0.25) is 0 Å². The average Bonchev–Trinajstić information content (AvgIpc) is 3.03. The minimum atomic E-state index is 1.57. The molecule has 2 aromatic rings. The van der Waals surface area contributed by atoms with Crippen molar-refractivity contribution in [2.75, 3.05) is 0 Å². The van der Waals surface area contributed by atoms with Crippen molar-refractivity contribution in [3.63, 3.8) is 0 Å². The second-order valence-electron chi connectivity index (χ2n) is 2.87. The molecule has 0 atom stereocenters. The summed E-state index contributed by atoms with van der Waals surface area (Å²) in [6, 6.07) is 16.0. The molecule has 0 aliphatic carbocycles. The molecular weight excluding hydrogens is 230 g/mol. The molecule has 3 rings (SSSR count). The smallest absolute Gasteiger partial charge is 0.119 e. The zero-order chi connectivity index (χ0) is 12.0. The summed E-state index contributed by atoms with van der Waals surface area (Å²) < 4.78 is 0. The number of allylic oxidation sites excluding steroid dienone is 2. The van der Waals surface area contributed by atoms with Crippen molar-refractivity contribution in [2.45, 2.75) is 0 Å². The van der Waals surface area contributed by atoms with E-state index >= 15 is 0 Å². The maximum atomic E-state index is 4.55. The summed E-state index contributed by atoms with van der Waals surface area (Å²) in [6.07, 6.45) is 6.93. The summed E-state index contributed by atoms with van der Waals surface area (Å²) in [5.74, 6) is 0. The molecule has 1 aromatic heterocycles. The Morgan fingerprint density at radius 1 is 0.706 bits per heavy atom. The Balaban J connectivity index is 0.000000128. The zero-order valence-electron chi connectivity index (χ0n) is 9.40. The molecule has 1 aliphatic heterocycles. The van der Waals surface area contributed by atoms with E-state index in [1.54, 1.807) is 29.9 Å². The monoisotopic (exact) mass is 245 g/mol. The maximum Gasteiger partial charge on any atom is 0.119 e. The van der Waals surface area contributed by atoms with Crippen molar-refractivity contribution >= 4 is 11.3 Å². The van der Waals surface area contributed by atoms with Gasteiger partial charge in [-0.25, -0.2) is 5.48 Å². The van der Waals surface area contributed by atoms with E-state index < -0.39 is 0 Å². The Hall–Kier alpha value is -2.00. The van der Waals surface area contributed by atoms with Crippen molar-refractivity contribution in [3.05, 3.63) is 83.9 Å². The van der Waals surface area contributed by atoms with Gasteiger partial charge in [0.2, 0.25) is 0 Å². The third-order valence-corrected chi connectivity index (χ3v) is 2.21. The topological polar surface area (TPSA) is 21.3 Å². The fourth-order valence-electron chi connectivity index (χ4n) is 0.870. The molecule has 17 heavy (non-hydrogen) atoms. The molecule has 0 fully saturated rings. The highest BCUT2D eigenvalue weighted by Gasteiger charge is 1.72. The van der Waals surface area contributed by atoms with Crippen molar-refractivity contribution in [2.24, 2.45) is 0 Å². The van der Waals surface area contributed by atoms with Crippen LogP contribution in [-0.4, -0.2) is 0 Å². The first kappa shape index (κ1) is 13.1. The van der Waals surface area contributed by atoms with Crippen LogP contribution >= 0.6 is 11.3 Å². The first-order chi connectivity index (χ1) is 8.50. The highest BCUT2D eigenvalue weighted by atomic mass is 32.1. The van der Waals surface area contributed by atoms with Gasteiger partial charge in [0.05, 0.1) is 0 Å². The molecule has 3 heteroatoms. The first-order valence-corrected chi connectivity index (χ1v) is 6.14. The fourth-order valence-corrected chi connectivity index (χ4v) is 1.32. The Morgan fingerprint density at radius 3 is 1.47 bits per heavy atom. The summed E-state index contributed by atoms with van der Waals surface area (Å²) in [5.41, 5.74) is 2.52. The van der Waals surface area contributed by atoms with E-state index in [-0.39, 0.29) is 0 Å². The van der Waals surface area contributed by atoms with Gasteiger partial charge in [0.25, 0.3) is 0 Å². The number of hydroxylamine groups is 1. The lowest BCUT2D eigenvalue weighted by molar-refractivity contribution is 0.172. The largest absolute Gasteiger partial charge is 0.391 e. The molecule has 1 aliphatic rings. The van der Waals surface area contributed by atoms with Gasteiger partial charge in [0, 0.05) is 6.20 Å². The standard InChI is InChI=1S/C6H6.C4H5NO.C4H4S/c2*1-2-4-6-5-3-1;1-2-4-5-3-1/h1-6H;1-5H;1-4H. The molecule has 1 N–H and O–H groups in total. The SMILES string of the molecule is C1=CNOC=C1.c1ccccc1.c1ccsc1. The van der Waals surface area contributed by atoms with Gasteiger partial charge in [0.1, 0.15) is 6.26 Å². The molecule has 0 saturated heterocycles. The molecule has 0 radical (unpaired) electrons. The highest BCUT2D eigenvalue weighted by molar-refractivity contribution is 7.07. The van der Waals surface area contributed by atoms with Gasteiger partial charge in [-0.2, -0.15) is 11.3 Å². The van der Waals surface area contributed by atoms with Crippen LogP contribution < -0.4 is 5.48 Å². The minimum absolute atomic E-state index is 1.57. The van der Waals surface area contributed by atoms with Crippen LogP contribution in [0.15, 0.2) is 83.9 Å². The number of rotatable bonds is 0. The molecule has 0 saturated carbocycles. The number of thiophene rings is 1. The third kappa shape index (κ3) is 8.96. The van der Waals surface area contributed by atoms with Crippen molar-refractivity contribution < 1.29 is 4.84 Å². The van der Waals surface area contributed by atoms with E-state index in [0.29, 0.717) is 0 Å². The highest BCUT2D eigenvalue weighted by Crippen LogP contribution is 1.91. The van der Waals surface area contributed by atoms with Crippen LogP contribution in [0.4, 0.5) is 0 Å². The second kappa shape index (κ2) is 10.5. The summed E-state index contributed by atoms with van der Waals surface area (Å²) in [6.45, 7) is 0. The number of hydrogen-bond donors (Lipinski definition) is 1. The molecule has 2 nitrogen and oxygen atoms in total. The maximum absolute atomic E-state index is 4.55. The molecule has 0 unspecified atom stereocenters. The fraction of sp³-hybridized carbons (Fsp3) is 0. The van der Waals surface area contributed by atoms with Crippen molar-refractivity contribution in [3.8, 4) is 0 Å². The molecule has 0 bridgehead atoms. The minimum Gasteiger partial charge on any atom is -0.391 e. The van der Waals surface area contributed by atoms with Gasteiger partial charge in [0.15, 0.2) is 0 Å². The number of benzene rings is 1. The molecule has 0 spiro atoms. The lowest BCUT2D eigenvalue weighted by Gasteiger charge is -1.97. The molecule has 0 amide bonds. The van der Waals surface area contributed by atoms with Gasteiger partial charge >= 0.3 is 0 Å². The molecule has 88 valence electrons. The van der Waals surface area contributed by atoms with Gasteiger partial charge < -0.3 is 4.84 Å². The van der Waals surface area contributed by atoms with Crippen LogP contribution in [0.3, 0.4) is 0 Å². The van der Waals surface area contributed by atoms with Gasteiger partial charge in [-0.1, -0.05) is 48.5 Å². The predicted octanol–water partition coefficient (Wildman–Crippen LogP) is 3.98. The van der Waals surface area contributed by atoms with Crippen LogP contribution in [0, 0.1) is 0 Å². The van der Waals surface area contributed by atoms with E-state index in [1.165, 1.54) is 0 Å². The van der Waals surface area contributed by atoms with E-state index in [2.05, 4.69) is 10.3 Å². The van der Waals surface area contributed by atoms with E-state index in [4.69, 9.17) is 0 Å². The van der Waals surface area contributed by atoms with Crippen LogP contribution in [0.2, 0.25) is 0 Å².